The smallest absolute Gasteiger partial charge is 0.323 e. The van der Waals surface area contributed by atoms with E-state index >= 15 is 0 Å². The number of hydrogen-bond acceptors (Lipinski definition) is 7. The van der Waals surface area contributed by atoms with Crippen LogP contribution in [0, 0.1) is 13.8 Å². The van der Waals surface area contributed by atoms with Crippen LogP contribution in [0.15, 0.2) is 47.0 Å². The molecule has 32 heavy (non-hydrogen) atoms. The van der Waals surface area contributed by atoms with Crippen LogP contribution in [0.25, 0.3) is 11.4 Å². The van der Waals surface area contributed by atoms with E-state index in [1.165, 1.54) is 11.1 Å². The fourth-order valence-electron chi connectivity index (χ4n) is 3.85. The summed E-state index contributed by atoms with van der Waals surface area (Å²) in [6, 6.07) is 13.6. The van der Waals surface area contributed by atoms with Crippen molar-refractivity contribution in [3.8, 4) is 11.4 Å². The fourth-order valence-corrected chi connectivity index (χ4v) is 3.85. The van der Waals surface area contributed by atoms with Crippen molar-refractivity contribution in [3.05, 3.63) is 65.0 Å². The van der Waals surface area contributed by atoms with Crippen molar-refractivity contribution in [2.45, 2.75) is 26.9 Å². The normalized spacial score (nSPS) is 13.1. The number of carbonyl (C=O) groups is 2. The Kier molecular flexibility index (Phi) is 5.91. The molecule has 4 rings (SSSR count). The monoisotopic (exact) mass is 435 g/mol. The van der Waals surface area contributed by atoms with Crippen molar-refractivity contribution in [1.29, 1.82) is 0 Å². The number of aromatic nitrogens is 2. The summed E-state index contributed by atoms with van der Waals surface area (Å²) < 4.78 is 5.06. The van der Waals surface area contributed by atoms with Crippen LogP contribution in [-0.2, 0) is 22.7 Å². The highest BCUT2D eigenvalue weighted by Gasteiger charge is 2.27. The summed E-state index contributed by atoms with van der Waals surface area (Å²) in [5, 5.41) is 17.0. The molecule has 0 atom stereocenters. The van der Waals surface area contributed by atoms with Gasteiger partial charge in [0.15, 0.2) is 0 Å². The van der Waals surface area contributed by atoms with Gasteiger partial charge in [0.1, 0.15) is 6.54 Å². The highest BCUT2D eigenvalue weighted by Crippen LogP contribution is 2.27. The summed E-state index contributed by atoms with van der Waals surface area (Å²) in [6.45, 7) is 4.47. The first kappa shape index (κ1) is 21.5. The van der Waals surface area contributed by atoms with Crippen LogP contribution in [0.3, 0.4) is 0 Å². The van der Waals surface area contributed by atoms with Gasteiger partial charge in [-0.15, -0.1) is 0 Å². The second kappa shape index (κ2) is 8.80. The van der Waals surface area contributed by atoms with Gasteiger partial charge in [0, 0.05) is 38.3 Å². The number of amides is 1. The Balaban J connectivity index is 1.55. The number of nitrogens with zero attached hydrogens (tertiary/aromatic N) is 5. The Morgan fingerprint density at radius 3 is 2.38 bits per heavy atom. The molecule has 3 aromatic rings. The van der Waals surface area contributed by atoms with Gasteiger partial charge in [-0.05, 0) is 29.7 Å². The topological polar surface area (TPSA) is 103 Å². The molecular formula is C23H25N5O4. The molecule has 0 saturated carbocycles. The van der Waals surface area contributed by atoms with Gasteiger partial charge >= 0.3 is 5.97 Å². The number of hydrogen-bond donors (Lipinski definition) is 1. The van der Waals surface area contributed by atoms with Crippen LogP contribution in [0.2, 0.25) is 0 Å². The zero-order valence-electron chi connectivity index (χ0n) is 18.3. The molecule has 1 aromatic heterocycles. The molecule has 0 radical (unpaired) electrons. The van der Waals surface area contributed by atoms with Crippen molar-refractivity contribution in [2.24, 2.45) is 0 Å². The minimum atomic E-state index is -1.02. The third kappa shape index (κ3) is 4.47. The molecule has 0 spiro atoms. The van der Waals surface area contributed by atoms with E-state index in [1.54, 1.807) is 29.9 Å². The number of carboxylic acids is 1. The van der Waals surface area contributed by atoms with E-state index < -0.39 is 5.97 Å². The first-order chi connectivity index (χ1) is 15.3. The first-order valence-electron chi connectivity index (χ1n) is 10.3. The summed E-state index contributed by atoms with van der Waals surface area (Å²) in [5.74, 6) is -0.362. The van der Waals surface area contributed by atoms with E-state index in [0.717, 1.165) is 5.56 Å². The van der Waals surface area contributed by atoms with Gasteiger partial charge in [-0.3, -0.25) is 14.6 Å². The van der Waals surface area contributed by atoms with Crippen LogP contribution >= 0.6 is 0 Å². The lowest BCUT2D eigenvalue weighted by Crippen LogP contribution is -2.47. The zero-order chi connectivity index (χ0) is 22.8. The summed E-state index contributed by atoms with van der Waals surface area (Å²) in [5.41, 5.74) is 4.55. The van der Waals surface area contributed by atoms with Gasteiger partial charge < -0.3 is 14.5 Å². The van der Waals surface area contributed by atoms with Gasteiger partial charge in [0.25, 0.3) is 5.91 Å². The largest absolute Gasteiger partial charge is 0.480 e. The molecular weight excluding hydrogens is 410 g/mol. The summed E-state index contributed by atoms with van der Waals surface area (Å²) >= 11 is 0. The molecule has 0 bridgehead atoms. The van der Waals surface area contributed by atoms with Crippen molar-refractivity contribution in [1.82, 2.24) is 20.2 Å². The van der Waals surface area contributed by atoms with E-state index in [-0.39, 0.29) is 19.0 Å². The Hall–Kier alpha value is -3.72. The lowest BCUT2D eigenvalue weighted by atomic mass is 10.1. The standard InChI is InChI=1S/C23H25N5O4/c1-15-8-9-17(23-24-16(2)32-25-23)10-20(15)27(14-22(30)31)13-21(29)26(3)28-11-18-6-4-5-7-19(18)12-28/h4-10H,11-14H2,1-3H3,(H,30,31). The minimum absolute atomic E-state index is 0.0782. The minimum Gasteiger partial charge on any atom is -0.480 e. The Bertz CT molecular complexity index is 1130. The Labute approximate surface area is 185 Å². The van der Waals surface area contributed by atoms with Gasteiger partial charge in [-0.1, -0.05) is 41.6 Å². The third-order valence-electron chi connectivity index (χ3n) is 5.60. The average molecular weight is 435 g/mol. The maximum Gasteiger partial charge on any atom is 0.323 e. The molecule has 0 fully saturated rings. The molecule has 0 aliphatic carbocycles. The Morgan fingerprint density at radius 1 is 1.09 bits per heavy atom. The number of anilines is 1. The lowest BCUT2D eigenvalue weighted by Gasteiger charge is -2.31. The molecule has 2 aromatic carbocycles. The second-order valence-corrected chi connectivity index (χ2v) is 7.90. The number of aryl methyl sites for hydroxylation is 2. The predicted octanol–water partition coefficient (Wildman–Crippen LogP) is 2.63. The van der Waals surface area contributed by atoms with Gasteiger partial charge in [-0.25, -0.2) is 5.01 Å². The molecule has 9 heteroatoms. The predicted molar refractivity (Wildman–Crippen MR) is 118 cm³/mol. The fraction of sp³-hybridized carbons (Fsp3) is 0.304. The molecule has 166 valence electrons. The molecule has 1 amide bonds. The zero-order valence-corrected chi connectivity index (χ0v) is 18.3. The van der Waals surface area contributed by atoms with Gasteiger partial charge in [0.2, 0.25) is 11.7 Å². The quantitative estimate of drug-likeness (QED) is 0.604. The number of hydrazine groups is 1. The maximum absolute atomic E-state index is 13.1. The first-order valence-corrected chi connectivity index (χ1v) is 10.3. The Morgan fingerprint density at radius 2 is 1.78 bits per heavy atom. The number of aliphatic carboxylic acids is 1. The number of likely N-dealkylation sites (N-methyl/N-ethyl adjacent to an activating group) is 1. The van der Waals surface area contributed by atoms with Crippen molar-refractivity contribution < 1.29 is 19.2 Å². The van der Waals surface area contributed by atoms with E-state index in [0.29, 0.717) is 36.1 Å². The second-order valence-electron chi connectivity index (χ2n) is 7.90. The van der Waals surface area contributed by atoms with E-state index in [2.05, 4.69) is 22.3 Å². The third-order valence-corrected chi connectivity index (χ3v) is 5.60. The molecule has 1 aliphatic rings. The number of carbonyl (C=O) groups excluding carboxylic acids is 1. The molecule has 0 saturated heterocycles. The summed E-state index contributed by atoms with van der Waals surface area (Å²) in [7, 11) is 1.72. The van der Waals surface area contributed by atoms with Crippen LogP contribution in [-0.4, -0.2) is 57.3 Å². The van der Waals surface area contributed by atoms with E-state index in [1.807, 2.05) is 36.2 Å². The number of rotatable bonds is 7. The number of carboxylic acid groups (broad SMARTS) is 1. The average Bonchev–Trinajstić information content (AvgIpc) is 3.39. The summed E-state index contributed by atoms with van der Waals surface area (Å²) in [6.07, 6.45) is 0. The molecule has 2 heterocycles. The van der Waals surface area contributed by atoms with Crippen LogP contribution < -0.4 is 4.90 Å². The highest BCUT2D eigenvalue weighted by atomic mass is 16.5. The number of benzene rings is 2. The van der Waals surface area contributed by atoms with E-state index in [4.69, 9.17) is 4.52 Å². The van der Waals surface area contributed by atoms with Crippen LogP contribution in [0.5, 0.6) is 0 Å². The maximum atomic E-state index is 13.1. The van der Waals surface area contributed by atoms with Gasteiger partial charge in [-0.2, -0.15) is 4.98 Å². The SMILES string of the molecule is Cc1nc(-c2ccc(C)c(N(CC(=O)O)CC(=O)N(C)N3Cc4ccccc4C3)c2)no1. The summed E-state index contributed by atoms with van der Waals surface area (Å²) in [4.78, 5) is 30.5. The van der Waals surface area contributed by atoms with E-state index in [9.17, 15) is 14.7 Å². The molecule has 1 aliphatic heterocycles. The van der Waals surface area contributed by atoms with Crippen LogP contribution in [0.4, 0.5) is 5.69 Å². The van der Waals surface area contributed by atoms with Crippen molar-refractivity contribution >= 4 is 17.6 Å². The highest BCUT2D eigenvalue weighted by molar-refractivity contribution is 5.85. The van der Waals surface area contributed by atoms with Crippen LogP contribution in [0.1, 0.15) is 22.6 Å². The van der Waals surface area contributed by atoms with Crippen molar-refractivity contribution in [2.75, 3.05) is 25.0 Å². The van der Waals surface area contributed by atoms with Gasteiger partial charge in [0.05, 0.1) is 6.54 Å². The molecule has 0 unspecified atom stereocenters. The van der Waals surface area contributed by atoms with Crippen molar-refractivity contribution in [3.63, 3.8) is 0 Å². The number of fused-ring (bicyclic) bond motifs is 1. The lowest BCUT2D eigenvalue weighted by molar-refractivity contribution is -0.145. The molecule has 1 N–H and O–H groups in total. The molecule has 9 nitrogen and oxygen atoms in total.